The first-order chi connectivity index (χ1) is 25.1. The molecule has 0 bridgehead atoms. The molecule has 0 saturated carbocycles. The minimum absolute atomic E-state index is 0.0777. The van der Waals surface area contributed by atoms with Crippen molar-refractivity contribution < 1.29 is 8.83 Å². The highest BCUT2D eigenvalue weighted by Crippen LogP contribution is 2.42. The van der Waals surface area contributed by atoms with Crippen LogP contribution in [0.15, 0.2) is 167 Å². The standard InChI is InChI=1S/C46H31N3O2/c1-46(33-14-6-3-7-15-33)24-22-29(23-25-46)32-26-37(42-36-17-9-11-19-39(36)51-41(42)28-32)45-48-43(30-12-4-2-5-13-30)47-44(49-45)31-20-21-35-34-16-8-10-18-38(34)50-40(35)27-31/h2-24,26-28H,25H2,1H3. The molecule has 242 valence electrons. The molecule has 0 fully saturated rings. The van der Waals surface area contributed by atoms with Crippen molar-refractivity contribution in [2.24, 2.45) is 0 Å². The molecule has 1 aliphatic carbocycles. The number of hydrogen-bond acceptors (Lipinski definition) is 5. The molecule has 0 aliphatic heterocycles. The predicted octanol–water partition coefficient (Wildman–Crippen LogP) is 12.0. The Morgan fingerprint density at radius 2 is 1.12 bits per heavy atom. The monoisotopic (exact) mass is 657 g/mol. The van der Waals surface area contributed by atoms with Crippen molar-refractivity contribution in [3.63, 3.8) is 0 Å². The Kier molecular flexibility index (Phi) is 6.61. The Morgan fingerprint density at radius 3 is 1.88 bits per heavy atom. The van der Waals surface area contributed by atoms with E-state index in [1.807, 2.05) is 72.8 Å². The average Bonchev–Trinajstić information content (AvgIpc) is 3.76. The van der Waals surface area contributed by atoms with Gasteiger partial charge < -0.3 is 8.83 Å². The van der Waals surface area contributed by atoms with Crippen molar-refractivity contribution in [1.82, 2.24) is 15.0 Å². The second-order valence-electron chi connectivity index (χ2n) is 13.5. The molecule has 3 heterocycles. The Bertz CT molecular complexity index is 2850. The average molecular weight is 658 g/mol. The van der Waals surface area contributed by atoms with Gasteiger partial charge in [-0.2, -0.15) is 0 Å². The van der Waals surface area contributed by atoms with Gasteiger partial charge in [-0.05, 0) is 59.5 Å². The first kappa shape index (κ1) is 29.3. The summed E-state index contributed by atoms with van der Waals surface area (Å²) >= 11 is 0. The zero-order valence-electron chi connectivity index (χ0n) is 27.9. The maximum Gasteiger partial charge on any atom is 0.164 e. The summed E-state index contributed by atoms with van der Waals surface area (Å²) in [5.74, 6) is 1.75. The molecule has 3 aromatic heterocycles. The van der Waals surface area contributed by atoms with Crippen molar-refractivity contribution in [3.8, 4) is 34.2 Å². The lowest BCUT2D eigenvalue weighted by Gasteiger charge is -2.29. The SMILES string of the molecule is CC1(c2ccccc2)C=CC(c2cc(-c3nc(-c4ccccc4)nc(-c4ccc5c(c4)oc4ccccc45)n3)c3c(c2)oc2ccccc23)=CC1. The van der Waals surface area contributed by atoms with E-state index in [0.717, 1.165) is 78.1 Å². The Balaban J connectivity index is 1.17. The number of nitrogens with zero attached hydrogens (tertiary/aromatic N) is 3. The topological polar surface area (TPSA) is 65.0 Å². The van der Waals surface area contributed by atoms with Gasteiger partial charge in [-0.25, -0.2) is 15.0 Å². The highest BCUT2D eigenvalue weighted by molar-refractivity contribution is 6.13. The van der Waals surface area contributed by atoms with Crippen LogP contribution in [0.1, 0.15) is 24.5 Å². The summed E-state index contributed by atoms with van der Waals surface area (Å²) in [6, 6.07) is 47.6. The van der Waals surface area contributed by atoms with Crippen molar-refractivity contribution >= 4 is 49.5 Å². The van der Waals surface area contributed by atoms with Gasteiger partial charge in [0.05, 0.1) is 0 Å². The second-order valence-corrected chi connectivity index (χ2v) is 13.5. The third-order valence-electron chi connectivity index (χ3n) is 10.2. The first-order valence-electron chi connectivity index (χ1n) is 17.2. The normalized spacial score (nSPS) is 16.0. The molecule has 1 aliphatic rings. The molecule has 0 radical (unpaired) electrons. The van der Waals surface area contributed by atoms with E-state index in [4.69, 9.17) is 23.8 Å². The van der Waals surface area contributed by atoms with E-state index in [1.54, 1.807) is 0 Å². The first-order valence-corrected chi connectivity index (χ1v) is 17.2. The molecule has 5 nitrogen and oxygen atoms in total. The van der Waals surface area contributed by atoms with Gasteiger partial charge in [0.15, 0.2) is 17.5 Å². The van der Waals surface area contributed by atoms with Crippen LogP contribution in [-0.4, -0.2) is 15.0 Å². The van der Waals surface area contributed by atoms with Gasteiger partial charge in [0, 0.05) is 43.7 Å². The van der Waals surface area contributed by atoms with Crippen molar-refractivity contribution in [2.45, 2.75) is 18.8 Å². The molecule has 0 saturated heterocycles. The number of hydrogen-bond donors (Lipinski definition) is 0. The third-order valence-corrected chi connectivity index (χ3v) is 10.2. The van der Waals surface area contributed by atoms with Crippen LogP contribution in [0.25, 0.3) is 83.6 Å². The molecule has 6 aromatic carbocycles. The minimum Gasteiger partial charge on any atom is -0.456 e. The maximum absolute atomic E-state index is 6.53. The van der Waals surface area contributed by atoms with E-state index in [1.165, 1.54) is 5.56 Å². The molecule has 1 unspecified atom stereocenters. The van der Waals surface area contributed by atoms with Crippen LogP contribution >= 0.6 is 0 Å². The third kappa shape index (κ3) is 4.97. The Labute approximate surface area is 294 Å². The van der Waals surface area contributed by atoms with Crippen LogP contribution in [0.2, 0.25) is 0 Å². The molecule has 9 aromatic rings. The molecule has 0 spiro atoms. The number of rotatable bonds is 5. The fourth-order valence-corrected chi connectivity index (χ4v) is 7.38. The summed E-state index contributed by atoms with van der Waals surface area (Å²) in [5.41, 5.74) is 9.33. The van der Waals surface area contributed by atoms with E-state index >= 15 is 0 Å². The summed E-state index contributed by atoms with van der Waals surface area (Å²) in [7, 11) is 0. The van der Waals surface area contributed by atoms with Gasteiger partial charge in [0.1, 0.15) is 22.3 Å². The number of benzene rings is 6. The number of allylic oxidation sites excluding steroid dienone is 4. The fraction of sp³-hybridized carbons (Fsp3) is 0.0652. The van der Waals surface area contributed by atoms with Gasteiger partial charge in [-0.1, -0.05) is 128 Å². The molecule has 0 N–H and O–H groups in total. The number of fused-ring (bicyclic) bond motifs is 6. The Morgan fingerprint density at radius 1 is 0.510 bits per heavy atom. The molecule has 1 atom stereocenters. The zero-order chi connectivity index (χ0) is 33.9. The lowest BCUT2D eigenvalue weighted by atomic mass is 9.75. The second kappa shape index (κ2) is 11.5. The predicted molar refractivity (Wildman–Crippen MR) is 206 cm³/mol. The maximum atomic E-state index is 6.53. The zero-order valence-corrected chi connectivity index (χ0v) is 27.9. The number of para-hydroxylation sites is 2. The Hall–Kier alpha value is -6.59. The molecule has 10 rings (SSSR count). The van der Waals surface area contributed by atoms with E-state index < -0.39 is 0 Å². The lowest BCUT2D eigenvalue weighted by molar-refractivity contribution is 0.601. The fourth-order valence-electron chi connectivity index (χ4n) is 7.38. The smallest absolute Gasteiger partial charge is 0.164 e. The quantitative estimate of drug-likeness (QED) is 0.184. The van der Waals surface area contributed by atoms with E-state index in [-0.39, 0.29) is 5.41 Å². The molecule has 0 amide bonds. The van der Waals surface area contributed by atoms with Crippen LogP contribution in [0.3, 0.4) is 0 Å². The van der Waals surface area contributed by atoms with Gasteiger partial charge in [0.25, 0.3) is 0 Å². The van der Waals surface area contributed by atoms with Gasteiger partial charge in [-0.15, -0.1) is 0 Å². The summed E-state index contributed by atoms with van der Waals surface area (Å²) in [6.45, 7) is 2.29. The molecule has 5 heteroatoms. The van der Waals surface area contributed by atoms with Crippen molar-refractivity contribution in [1.29, 1.82) is 0 Å². The van der Waals surface area contributed by atoms with Crippen LogP contribution in [-0.2, 0) is 5.41 Å². The minimum atomic E-state index is -0.0777. The van der Waals surface area contributed by atoms with Crippen LogP contribution in [0.5, 0.6) is 0 Å². The summed E-state index contributed by atoms with van der Waals surface area (Å²) < 4.78 is 12.8. The summed E-state index contributed by atoms with van der Waals surface area (Å²) in [4.78, 5) is 15.4. The summed E-state index contributed by atoms with van der Waals surface area (Å²) in [6.07, 6.45) is 7.77. The molecule has 51 heavy (non-hydrogen) atoms. The molecular weight excluding hydrogens is 627 g/mol. The van der Waals surface area contributed by atoms with Gasteiger partial charge >= 0.3 is 0 Å². The largest absolute Gasteiger partial charge is 0.456 e. The van der Waals surface area contributed by atoms with E-state index in [2.05, 4.69) is 91.9 Å². The van der Waals surface area contributed by atoms with Crippen LogP contribution in [0, 0.1) is 0 Å². The number of aromatic nitrogens is 3. The van der Waals surface area contributed by atoms with Gasteiger partial charge in [0.2, 0.25) is 0 Å². The number of furan rings is 2. The highest BCUT2D eigenvalue weighted by Gasteiger charge is 2.26. The highest BCUT2D eigenvalue weighted by atomic mass is 16.3. The summed E-state index contributed by atoms with van der Waals surface area (Å²) in [5, 5.41) is 4.14. The van der Waals surface area contributed by atoms with Crippen molar-refractivity contribution in [3.05, 3.63) is 169 Å². The van der Waals surface area contributed by atoms with Crippen LogP contribution in [0.4, 0.5) is 0 Å². The molecular formula is C46H31N3O2. The lowest BCUT2D eigenvalue weighted by Crippen LogP contribution is -2.19. The van der Waals surface area contributed by atoms with E-state index in [9.17, 15) is 0 Å². The van der Waals surface area contributed by atoms with Crippen LogP contribution < -0.4 is 0 Å². The van der Waals surface area contributed by atoms with Crippen molar-refractivity contribution in [2.75, 3.05) is 0 Å². The van der Waals surface area contributed by atoms with Gasteiger partial charge in [-0.3, -0.25) is 0 Å². The van der Waals surface area contributed by atoms with E-state index in [0.29, 0.717) is 17.5 Å².